The van der Waals surface area contributed by atoms with Gasteiger partial charge in [0.15, 0.2) is 0 Å². The van der Waals surface area contributed by atoms with Gasteiger partial charge in [-0.05, 0) is 18.6 Å². The number of hydrogen-bond donors (Lipinski definition) is 0. The average molecular weight is 248 g/mol. The third-order valence-electron chi connectivity index (χ3n) is 2.64. The van der Waals surface area contributed by atoms with Crippen molar-refractivity contribution in [1.82, 2.24) is 10.1 Å². The van der Waals surface area contributed by atoms with Gasteiger partial charge in [0.1, 0.15) is 11.6 Å². The smallest absolute Gasteiger partial charge is 0.234 e. The van der Waals surface area contributed by atoms with E-state index in [2.05, 4.69) is 10.1 Å². The fraction of sp³-hybridized carbons (Fsp3) is 0.308. The zero-order valence-electron chi connectivity index (χ0n) is 10.2. The summed E-state index contributed by atoms with van der Waals surface area (Å²) in [6.07, 6.45) is 0.550. The van der Waals surface area contributed by atoms with Crippen LogP contribution in [0.15, 0.2) is 22.7 Å². The fourth-order valence-electron chi connectivity index (χ4n) is 1.47. The summed E-state index contributed by atoms with van der Waals surface area (Å²) in [4.78, 5) is 15.3. The van der Waals surface area contributed by atoms with Crippen LogP contribution in [0.2, 0.25) is 0 Å². The molecule has 0 radical (unpaired) electrons. The minimum absolute atomic E-state index is 0.0280. The first-order chi connectivity index (χ1) is 8.60. The summed E-state index contributed by atoms with van der Waals surface area (Å²) < 4.78 is 18.4. The SMILES string of the molecule is CCC(=O)Cc1nc(-c2ccc(C)c(F)c2)no1. The predicted octanol–water partition coefficient (Wildman–Crippen LogP) is 2.71. The van der Waals surface area contributed by atoms with Gasteiger partial charge < -0.3 is 4.52 Å². The second-order valence-corrected chi connectivity index (χ2v) is 4.04. The number of rotatable bonds is 4. The first kappa shape index (κ1) is 12.4. The van der Waals surface area contributed by atoms with E-state index in [0.29, 0.717) is 23.4 Å². The normalized spacial score (nSPS) is 10.6. The molecule has 1 heterocycles. The fourth-order valence-corrected chi connectivity index (χ4v) is 1.47. The largest absolute Gasteiger partial charge is 0.339 e. The molecule has 0 aliphatic heterocycles. The molecule has 0 bridgehead atoms. The highest BCUT2D eigenvalue weighted by Gasteiger charge is 2.12. The van der Waals surface area contributed by atoms with Crippen LogP contribution in [0.1, 0.15) is 24.8 Å². The molecule has 2 aromatic rings. The summed E-state index contributed by atoms with van der Waals surface area (Å²) >= 11 is 0. The summed E-state index contributed by atoms with van der Waals surface area (Å²) in [5.74, 6) is 0.273. The maximum absolute atomic E-state index is 13.4. The highest BCUT2D eigenvalue weighted by molar-refractivity contribution is 5.79. The number of benzene rings is 1. The number of ketones is 1. The predicted molar refractivity (Wildman–Crippen MR) is 63.4 cm³/mol. The highest BCUT2D eigenvalue weighted by Crippen LogP contribution is 2.19. The quantitative estimate of drug-likeness (QED) is 0.834. The van der Waals surface area contributed by atoms with Gasteiger partial charge in [-0.3, -0.25) is 4.79 Å². The molecule has 0 saturated heterocycles. The van der Waals surface area contributed by atoms with Gasteiger partial charge in [-0.25, -0.2) is 4.39 Å². The van der Waals surface area contributed by atoms with Crippen LogP contribution in [0.5, 0.6) is 0 Å². The van der Waals surface area contributed by atoms with E-state index in [-0.39, 0.29) is 23.9 Å². The lowest BCUT2D eigenvalue weighted by molar-refractivity contribution is -0.118. The zero-order chi connectivity index (χ0) is 13.1. The molecule has 0 fully saturated rings. The summed E-state index contributed by atoms with van der Waals surface area (Å²) in [6.45, 7) is 3.45. The van der Waals surface area contributed by atoms with Gasteiger partial charge in [-0.15, -0.1) is 0 Å². The Morgan fingerprint density at radius 2 is 2.22 bits per heavy atom. The van der Waals surface area contributed by atoms with Crippen LogP contribution in [0.4, 0.5) is 4.39 Å². The van der Waals surface area contributed by atoms with E-state index in [1.54, 1.807) is 26.0 Å². The Morgan fingerprint density at radius 1 is 1.44 bits per heavy atom. The molecule has 4 nitrogen and oxygen atoms in total. The topological polar surface area (TPSA) is 56.0 Å². The number of halogens is 1. The molecule has 0 unspecified atom stereocenters. The molecular formula is C13H13FN2O2. The molecule has 0 N–H and O–H groups in total. The highest BCUT2D eigenvalue weighted by atomic mass is 19.1. The van der Waals surface area contributed by atoms with Crippen LogP contribution >= 0.6 is 0 Å². The van der Waals surface area contributed by atoms with Crippen LogP contribution in [-0.2, 0) is 11.2 Å². The van der Waals surface area contributed by atoms with Gasteiger partial charge in [0.25, 0.3) is 0 Å². The maximum Gasteiger partial charge on any atom is 0.234 e. The Morgan fingerprint density at radius 3 is 2.89 bits per heavy atom. The number of hydrogen-bond acceptors (Lipinski definition) is 4. The van der Waals surface area contributed by atoms with Gasteiger partial charge in [0.2, 0.25) is 11.7 Å². The zero-order valence-corrected chi connectivity index (χ0v) is 10.2. The van der Waals surface area contributed by atoms with Crippen molar-refractivity contribution in [2.24, 2.45) is 0 Å². The van der Waals surface area contributed by atoms with Crippen molar-refractivity contribution in [1.29, 1.82) is 0 Å². The van der Waals surface area contributed by atoms with Gasteiger partial charge in [-0.1, -0.05) is 24.2 Å². The molecule has 5 heteroatoms. The van der Waals surface area contributed by atoms with Gasteiger partial charge in [0.05, 0.1) is 6.42 Å². The third-order valence-corrected chi connectivity index (χ3v) is 2.64. The first-order valence-electron chi connectivity index (χ1n) is 5.71. The number of nitrogens with zero attached hydrogens (tertiary/aromatic N) is 2. The summed E-state index contributed by atoms with van der Waals surface area (Å²) in [6, 6.07) is 4.72. The van der Waals surface area contributed by atoms with Crippen LogP contribution < -0.4 is 0 Å². The molecule has 2 rings (SSSR count). The van der Waals surface area contributed by atoms with Gasteiger partial charge in [0, 0.05) is 12.0 Å². The van der Waals surface area contributed by atoms with E-state index in [1.165, 1.54) is 6.07 Å². The monoisotopic (exact) mass is 248 g/mol. The van der Waals surface area contributed by atoms with Crippen LogP contribution in [-0.4, -0.2) is 15.9 Å². The van der Waals surface area contributed by atoms with E-state index in [4.69, 9.17) is 4.52 Å². The van der Waals surface area contributed by atoms with Crippen molar-refractivity contribution in [2.75, 3.05) is 0 Å². The number of carbonyl (C=O) groups excluding carboxylic acids is 1. The molecule has 0 spiro atoms. The van der Waals surface area contributed by atoms with E-state index in [1.807, 2.05) is 0 Å². The molecule has 1 aromatic heterocycles. The number of Topliss-reactive ketones (excluding diaryl/α,β-unsaturated/α-hetero) is 1. The first-order valence-corrected chi connectivity index (χ1v) is 5.71. The lowest BCUT2D eigenvalue weighted by Crippen LogP contribution is -2.00. The molecule has 0 aliphatic carbocycles. The Labute approximate surface area is 104 Å². The molecule has 18 heavy (non-hydrogen) atoms. The Bertz CT molecular complexity index is 578. The minimum atomic E-state index is -0.316. The van der Waals surface area contributed by atoms with Crippen molar-refractivity contribution in [2.45, 2.75) is 26.7 Å². The number of carbonyl (C=O) groups is 1. The van der Waals surface area contributed by atoms with Crippen molar-refractivity contribution >= 4 is 5.78 Å². The second kappa shape index (κ2) is 5.08. The number of aryl methyl sites for hydroxylation is 1. The Kier molecular flexibility index (Phi) is 3.50. The number of aromatic nitrogens is 2. The van der Waals surface area contributed by atoms with E-state index >= 15 is 0 Å². The Hall–Kier alpha value is -2.04. The van der Waals surface area contributed by atoms with E-state index < -0.39 is 0 Å². The standard InChI is InChI=1S/C13H13FN2O2/c1-3-10(17)7-12-15-13(16-18-12)9-5-4-8(2)11(14)6-9/h4-6H,3,7H2,1-2H3. The van der Waals surface area contributed by atoms with E-state index in [0.717, 1.165) is 0 Å². The lowest BCUT2D eigenvalue weighted by atomic mass is 10.1. The van der Waals surface area contributed by atoms with Crippen molar-refractivity contribution in [3.8, 4) is 11.4 Å². The molecule has 0 amide bonds. The third kappa shape index (κ3) is 2.61. The van der Waals surface area contributed by atoms with Crippen LogP contribution in [0.25, 0.3) is 11.4 Å². The molecule has 1 aromatic carbocycles. The molecule has 94 valence electrons. The Balaban J connectivity index is 2.23. The summed E-state index contributed by atoms with van der Waals surface area (Å²) in [5, 5.41) is 3.74. The van der Waals surface area contributed by atoms with Crippen LogP contribution in [0.3, 0.4) is 0 Å². The maximum atomic E-state index is 13.4. The van der Waals surface area contributed by atoms with Crippen molar-refractivity contribution in [3.05, 3.63) is 35.5 Å². The van der Waals surface area contributed by atoms with Gasteiger partial charge >= 0.3 is 0 Å². The minimum Gasteiger partial charge on any atom is -0.339 e. The van der Waals surface area contributed by atoms with Crippen molar-refractivity contribution in [3.63, 3.8) is 0 Å². The van der Waals surface area contributed by atoms with Crippen LogP contribution in [0, 0.1) is 12.7 Å². The lowest BCUT2D eigenvalue weighted by Gasteiger charge is -1.97. The molecule has 0 atom stereocenters. The summed E-state index contributed by atoms with van der Waals surface area (Å²) in [5.41, 5.74) is 1.10. The molecule has 0 aliphatic rings. The summed E-state index contributed by atoms with van der Waals surface area (Å²) in [7, 11) is 0. The van der Waals surface area contributed by atoms with Crippen molar-refractivity contribution < 1.29 is 13.7 Å². The van der Waals surface area contributed by atoms with E-state index in [9.17, 15) is 9.18 Å². The van der Waals surface area contributed by atoms with Gasteiger partial charge in [-0.2, -0.15) is 4.98 Å². The molecule has 0 saturated carbocycles. The second-order valence-electron chi connectivity index (χ2n) is 4.04. The molecular weight excluding hydrogens is 235 g/mol. The average Bonchev–Trinajstić information content (AvgIpc) is 2.81.